The first-order chi connectivity index (χ1) is 29.2. The Morgan fingerprint density at radius 1 is 0.885 bits per heavy atom. The second-order valence-electron chi connectivity index (χ2n) is 19.0. The summed E-state index contributed by atoms with van der Waals surface area (Å²) in [6.07, 6.45) is 7.89. The molecular weight excluding hydrogens is 782 g/mol. The van der Waals surface area contributed by atoms with Crippen LogP contribution in [0.2, 0.25) is 0 Å². The summed E-state index contributed by atoms with van der Waals surface area (Å²) < 4.78 is 27.3. The smallest absolute Gasteiger partial charge is 0.408 e. The fourth-order valence-corrected chi connectivity index (χ4v) is 10.2. The first-order valence-electron chi connectivity index (χ1n) is 22.2. The molecule has 2 bridgehead atoms. The van der Waals surface area contributed by atoms with Crippen molar-refractivity contribution in [3.05, 3.63) is 75.5 Å². The summed E-state index contributed by atoms with van der Waals surface area (Å²) in [5.74, 6) is -0.878. The molecule has 5 heterocycles. The lowest BCUT2D eigenvalue weighted by atomic mass is 9.65. The maximum atomic E-state index is 15.1. The number of carbonyl (C=O) groups excluding carboxylic acids is 4. The monoisotopic (exact) mass is 841 g/mol. The van der Waals surface area contributed by atoms with Crippen LogP contribution in [0.25, 0.3) is 10.8 Å². The van der Waals surface area contributed by atoms with Crippen LogP contribution in [0.1, 0.15) is 100 Å². The maximum absolute atomic E-state index is 15.1. The minimum Gasteiger partial charge on any atom is -0.444 e. The predicted octanol–water partition coefficient (Wildman–Crippen LogP) is 4.88. The van der Waals surface area contributed by atoms with E-state index in [0.29, 0.717) is 87.4 Å². The molecule has 4 saturated heterocycles. The number of nitrogens with one attached hydrogen (secondary N) is 2. The number of rotatable bonds is 9. The van der Waals surface area contributed by atoms with Crippen molar-refractivity contribution in [3.8, 4) is 0 Å². The molecule has 2 N–H and O–H groups in total. The van der Waals surface area contributed by atoms with Gasteiger partial charge in [0.15, 0.2) is 0 Å². The molecule has 0 radical (unpaired) electrons. The van der Waals surface area contributed by atoms with Crippen LogP contribution < -0.4 is 10.9 Å². The number of carbonyl (C=O) groups is 4. The van der Waals surface area contributed by atoms with E-state index >= 15 is 4.39 Å². The Balaban J connectivity index is 0.815. The largest absolute Gasteiger partial charge is 0.444 e. The molecule has 3 aromatic rings. The minimum absolute atomic E-state index is 0.0251. The second kappa shape index (κ2) is 17.5. The molecule has 6 fully saturated rings. The molecule has 14 nitrogen and oxygen atoms in total. The van der Waals surface area contributed by atoms with Gasteiger partial charge in [0.1, 0.15) is 17.5 Å². The number of aromatic amines is 1. The number of hydrogen-bond acceptors (Lipinski definition) is 9. The third kappa shape index (κ3) is 9.33. The van der Waals surface area contributed by atoms with Crippen molar-refractivity contribution in [2.24, 2.45) is 11.3 Å². The molecule has 0 unspecified atom stereocenters. The molecule has 1 aromatic heterocycles. The lowest BCUT2D eigenvalue weighted by Crippen LogP contribution is -2.64. The number of aromatic nitrogens is 2. The summed E-state index contributed by atoms with van der Waals surface area (Å²) in [6, 6.07) is 11.1. The molecule has 2 aromatic carbocycles. The van der Waals surface area contributed by atoms with Gasteiger partial charge in [-0.25, -0.2) is 14.3 Å². The van der Waals surface area contributed by atoms with Gasteiger partial charge in [0, 0.05) is 70.7 Å². The normalized spacial score (nSPS) is 24.4. The van der Waals surface area contributed by atoms with Crippen molar-refractivity contribution >= 4 is 34.6 Å². The van der Waals surface area contributed by atoms with Gasteiger partial charge in [-0.2, -0.15) is 5.10 Å². The lowest BCUT2D eigenvalue weighted by molar-refractivity contribution is -0.203. The number of H-pyrrole nitrogens is 1. The lowest BCUT2D eigenvalue weighted by Gasteiger charge is -2.55. The quantitative estimate of drug-likeness (QED) is 0.307. The van der Waals surface area contributed by atoms with E-state index < -0.39 is 34.9 Å². The summed E-state index contributed by atoms with van der Waals surface area (Å²) in [4.78, 5) is 74.5. The molecule has 1 atom stereocenters. The van der Waals surface area contributed by atoms with Crippen molar-refractivity contribution in [2.45, 2.75) is 102 Å². The third-order valence-electron chi connectivity index (χ3n) is 13.7. The zero-order valence-corrected chi connectivity index (χ0v) is 35.8. The van der Waals surface area contributed by atoms with E-state index in [0.717, 1.165) is 64.3 Å². The van der Waals surface area contributed by atoms with Crippen molar-refractivity contribution < 1.29 is 33.0 Å². The Morgan fingerprint density at radius 2 is 1.54 bits per heavy atom. The van der Waals surface area contributed by atoms with E-state index in [2.05, 4.69) is 20.4 Å². The highest BCUT2D eigenvalue weighted by Gasteiger charge is 2.55. The molecule has 2 saturated carbocycles. The Morgan fingerprint density at radius 3 is 2.20 bits per heavy atom. The second-order valence-corrected chi connectivity index (χ2v) is 19.0. The zero-order chi connectivity index (χ0) is 42.9. The Labute approximate surface area is 356 Å². The Kier molecular flexibility index (Phi) is 12.3. The SMILES string of the molecule is CC(C)(C)OC(=O)N[C@@H](C(=O)N1CCN(CC23CCC(C(=O)N4CCN(C(=O)c5cc(Cc6n[nH]c(=O)c7ccccc67)ccc5F)CC4)(CC2)CO3)CC1)C1CCCCC1. The van der Waals surface area contributed by atoms with E-state index in [9.17, 15) is 24.0 Å². The van der Waals surface area contributed by atoms with Gasteiger partial charge in [0.2, 0.25) is 11.8 Å². The number of amides is 4. The Bertz CT molecular complexity index is 2160. The highest BCUT2D eigenvalue weighted by molar-refractivity contribution is 5.95. The summed E-state index contributed by atoms with van der Waals surface area (Å²) in [7, 11) is 0. The number of benzene rings is 2. The fraction of sp³-hybridized carbons (Fsp3) is 0.609. The molecular formula is C46H60FN7O7. The van der Waals surface area contributed by atoms with Crippen molar-refractivity contribution in [1.82, 2.24) is 35.1 Å². The number of fused-ring (bicyclic) bond motifs is 4. The van der Waals surface area contributed by atoms with Crippen LogP contribution in [0.4, 0.5) is 9.18 Å². The average molecular weight is 842 g/mol. The van der Waals surface area contributed by atoms with Crippen LogP contribution in [0.15, 0.2) is 47.3 Å². The van der Waals surface area contributed by atoms with Gasteiger partial charge in [-0.1, -0.05) is 43.5 Å². The van der Waals surface area contributed by atoms with Gasteiger partial charge in [0.05, 0.1) is 34.3 Å². The predicted molar refractivity (Wildman–Crippen MR) is 226 cm³/mol. The van der Waals surface area contributed by atoms with Crippen molar-refractivity contribution in [1.29, 1.82) is 0 Å². The molecule has 15 heteroatoms. The molecule has 0 spiro atoms. The van der Waals surface area contributed by atoms with Crippen LogP contribution in [-0.2, 0) is 25.5 Å². The van der Waals surface area contributed by atoms with Gasteiger partial charge in [-0.15, -0.1) is 0 Å². The number of ether oxygens (including phenoxy) is 2. The zero-order valence-electron chi connectivity index (χ0n) is 35.8. The topological polar surface area (TPSA) is 157 Å². The molecule has 6 aliphatic rings. The Hall–Kier alpha value is -4.89. The number of alkyl carbamates (subject to hydrolysis) is 1. The van der Waals surface area contributed by atoms with E-state index in [1.54, 1.807) is 29.2 Å². The van der Waals surface area contributed by atoms with E-state index in [-0.39, 0.29) is 34.5 Å². The van der Waals surface area contributed by atoms with E-state index in [1.165, 1.54) is 6.07 Å². The van der Waals surface area contributed by atoms with Gasteiger partial charge < -0.3 is 29.5 Å². The summed E-state index contributed by atoms with van der Waals surface area (Å²) in [5.41, 5.74) is -0.565. The number of piperazine rings is 2. The molecule has 4 amide bonds. The highest BCUT2D eigenvalue weighted by Crippen LogP contribution is 2.50. The summed E-state index contributed by atoms with van der Waals surface area (Å²) >= 11 is 0. The van der Waals surface area contributed by atoms with Crippen LogP contribution in [0, 0.1) is 17.2 Å². The average Bonchev–Trinajstić information content (AvgIpc) is 3.27. The van der Waals surface area contributed by atoms with Gasteiger partial charge in [-0.3, -0.25) is 24.1 Å². The van der Waals surface area contributed by atoms with Crippen LogP contribution in [0.5, 0.6) is 0 Å². The van der Waals surface area contributed by atoms with Crippen molar-refractivity contribution in [2.75, 3.05) is 65.5 Å². The third-order valence-corrected chi connectivity index (χ3v) is 13.7. The van der Waals surface area contributed by atoms with E-state index in [1.807, 2.05) is 42.7 Å². The summed E-state index contributed by atoms with van der Waals surface area (Å²) in [6.45, 7) is 10.5. The van der Waals surface area contributed by atoms with Gasteiger partial charge >= 0.3 is 6.09 Å². The van der Waals surface area contributed by atoms with E-state index in [4.69, 9.17) is 9.47 Å². The molecule has 61 heavy (non-hydrogen) atoms. The van der Waals surface area contributed by atoms with Gasteiger partial charge in [-0.05, 0) is 89.0 Å². The van der Waals surface area contributed by atoms with Crippen LogP contribution >= 0.6 is 0 Å². The van der Waals surface area contributed by atoms with Crippen LogP contribution in [0.3, 0.4) is 0 Å². The van der Waals surface area contributed by atoms with Crippen LogP contribution in [-0.4, -0.2) is 136 Å². The maximum Gasteiger partial charge on any atom is 0.408 e. The molecule has 4 aliphatic heterocycles. The molecule has 9 rings (SSSR count). The first kappa shape index (κ1) is 42.8. The molecule has 328 valence electrons. The highest BCUT2D eigenvalue weighted by atomic mass is 19.1. The first-order valence-corrected chi connectivity index (χ1v) is 22.2. The number of halogens is 1. The van der Waals surface area contributed by atoms with Gasteiger partial charge in [0.25, 0.3) is 11.5 Å². The standard InChI is InChI=1S/C46H60FN7O7/c1-44(2,3)61-43(59)48-38(32-9-5-4-6-10-32)41(57)53-21-19-51(20-22-53)29-46-17-15-45(16-18-46,30-60-46)42(58)54-25-23-52(24-26-54)40(56)35-27-31(13-14-36(35)47)28-37-33-11-7-8-12-34(33)39(55)50-49-37/h7-8,11-14,27,32,38H,4-6,9-10,15-26,28-30H2,1-3H3,(H,48,59)(H,50,55)/t38-,45?,46?/m1/s1. The fourth-order valence-electron chi connectivity index (χ4n) is 10.2. The summed E-state index contributed by atoms with van der Waals surface area (Å²) in [5, 5.41) is 10.9. The van der Waals surface area contributed by atoms with Crippen molar-refractivity contribution in [3.63, 3.8) is 0 Å². The number of nitrogens with zero attached hydrogens (tertiary/aromatic N) is 5. The molecule has 2 aliphatic carbocycles. The number of hydrogen-bond donors (Lipinski definition) is 2. The minimum atomic E-state index is -0.650.